The van der Waals surface area contributed by atoms with Crippen molar-refractivity contribution < 1.29 is 9.50 Å². The second-order valence-electron chi connectivity index (χ2n) is 4.26. The maximum Gasteiger partial charge on any atom is 0.142 e. The van der Waals surface area contributed by atoms with Crippen LogP contribution in [0.2, 0.25) is 5.02 Å². The third kappa shape index (κ3) is 2.22. The Morgan fingerprint density at radius 1 is 1.62 bits per heavy atom. The lowest BCUT2D eigenvalue weighted by atomic mass is 9.89. The van der Waals surface area contributed by atoms with Crippen molar-refractivity contribution in [3.05, 3.63) is 34.6 Å². The quantitative estimate of drug-likeness (QED) is 0.881. The van der Waals surface area contributed by atoms with E-state index >= 15 is 0 Å². The number of halogens is 2. The van der Waals surface area contributed by atoms with E-state index in [1.54, 1.807) is 23.9 Å². The van der Waals surface area contributed by atoms with Crippen molar-refractivity contribution in [3.63, 3.8) is 0 Å². The Morgan fingerprint density at radius 3 is 3.00 bits per heavy atom. The summed E-state index contributed by atoms with van der Waals surface area (Å²) in [4.78, 5) is 0. The van der Waals surface area contributed by atoms with Gasteiger partial charge < -0.3 is 5.11 Å². The Labute approximate surface area is 104 Å². The largest absolute Gasteiger partial charge is 0.388 e. The second kappa shape index (κ2) is 4.55. The first-order valence-electron chi connectivity index (χ1n) is 5.30. The molecule has 0 aliphatic carbocycles. The summed E-state index contributed by atoms with van der Waals surface area (Å²) in [6.45, 7) is 2.00. The van der Waals surface area contributed by atoms with E-state index in [1.165, 1.54) is 6.07 Å². The molecule has 2 rings (SSSR count). The van der Waals surface area contributed by atoms with Gasteiger partial charge in [-0.2, -0.15) is 11.8 Å². The van der Waals surface area contributed by atoms with Gasteiger partial charge in [0, 0.05) is 11.7 Å². The maximum atomic E-state index is 13.3. The number of hydrogen-bond donors (Lipinski definition) is 1. The van der Waals surface area contributed by atoms with Gasteiger partial charge in [0.2, 0.25) is 0 Å². The molecule has 0 radical (unpaired) electrons. The van der Waals surface area contributed by atoms with Gasteiger partial charge in [-0.05, 0) is 23.8 Å². The van der Waals surface area contributed by atoms with Crippen LogP contribution in [-0.2, 0) is 6.42 Å². The lowest BCUT2D eigenvalue weighted by Crippen LogP contribution is -2.37. The fraction of sp³-hybridized carbons (Fsp3) is 0.500. The molecule has 1 aromatic carbocycles. The third-order valence-corrected chi connectivity index (χ3v) is 4.99. The second-order valence-corrected chi connectivity index (χ2v) is 6.08. The lowest BCUT2D eigenvalue weighted by molar-refractivity contribution is 0.0464. The first-order valence-corrected chi connectivity index (χ1v) is 6.72. The van der Waals surface area contributed by atoms with Crippen LogP contribution in [0.4, 0.5) is 4.39 Å². The molecular formula is C12H14ClFOS. The zero-order chi connectivity index (χ0) is 11.8. The van der Waals surface area contributed by atoms with E-state index in [-0.39, 0.29) is 10.3 Å². The monoisotopic (exact) mass is 260 g/mol. The molecule has 0 saturated carbocycles. The predicted molar refractivity (Wildman–Crippen MR) is 66.6 cm³/mol. The van der Waals surface area contributed by atoms with Crippen molar-refractivity contribution in [1.82, 2.24) is 0 Å². The minimum absolute atomic E-state index is 0.139. The summed E-state index contributed by atoms with van der Waals surface area (Å²) in [5.41, 5.74) is -0.0548. The molecular weight excluding hydrogens is 247 g/mol. The minimum Gasteiger partial charge on any atom is -0.388 e. The Kier molecular flexibility index (Phi) is 3.48. The SMILES string of the molecule is CC1SCCC1(O)Cc1cccc(F)c1Cl. The van der Waals surface area contributed by atoms with E-state index in [9.17, 15) is 9.50 Å². The molecule has 4 heteroatoms. The molecule has 16 heavy (non-hydrogen) atoms. The standard InChI is InChI=1S/C12H14ClFOS/c1-8-12(15,5-6-16-8)7-9-3-2-4-10(14)11(9)13/h2-4,8,15H,5-7H2,1H3. The van der Waals surface area contributed by atoms with Gasteiger partial charge >= 0.3 is 0 Å². The molecule has 1 fully saturated rings. The molecule has 0 aromatic heterocycles. The zero-order valence-electron chi connectivity index (χ0n) is 9.04. The molecule has 0 bridgehead atoms. The smallest absolute Gasteiger partial charge is 0.142 e. The molecule has 2 unspecified atom stereocenters. The van der Waals surface area contributed by atoms with Gasteiger partial charge in [0.05, 0.1) is 10.6 Å². The van der Waals surface area contributed by atoms with Crippen LogP contribution in [0.1, 0.15) is 18.9 Å². The first kappa shape index (κ1) is 12.2. The zero-order valence-corrected chi connectivity index (χ0v) is 10.6. The Hall–Kier alpha value is -0.250. The van der Waals surface area contributed by atoms with Crippen molar-refractivity contribution in [2.45, 2.75) is 30.6 Å². The summed E-state index contributed by atoms with van der Waals surface area (Å²) >= 11 is 7.64. The van der Waals surface area contributed by atoms with Gasteiger partial charge in [-0.25, -0.2) is 4.39 Å². The molecule has 1 N–H and O–H groups in total. The number of rotatable bonds is 2. The Balaban J connectivity index is 2.24. The van der Waals surface area contributed by atoms with E-state index in [4.69, 9.17) is 11.6 Å². The van der Waals surface area contributed by atoms with Crippen LogP contribution in [0.3, 0.4) is 0 Å². The Morgan fingerprint density at radius 2 is 2.38 bits per heavy atom. The highest BCUT2D eigenvalue weighted by molar-refractivity contribution is 8.00. The topological polar surface area (TPSA) is 20.2 Å². The molecule has 88 valence electrons. The summed E-state index contributed by atoms with van der Waals surface area (Å²) in [5, 5.41) is 10.7. The molecule has 0 amide bonds. The summed E-state index contributed by atoms with van der Waals surface area (Å²) in [6, 6.07) is 4.74. The molecule has 1 heterocycles. The summed E-state index contributed by atoms with van der Waals surface area (Å²) < 4.78 is 13.3. The lowest BCUT2D eigenvalue weighted by Gasteiger charge is -2.27. The van der Waals surface area contributed by atoms with Crippen molar-refractivity contribution in [2.75, 3.05) is 5.75 Å². The molecule has 0 spiro atoms. The molecule has 2 atom stereocenters. The maximum absolute atomic E-state index is 13.3. The van der Waals surface area contributed by atoms with Crippen molar-refractivity contribution in [2.24, 2.45) is 0 Å². The van der Waals surface area contributed by atoms with Crippen LogP contribution in [0.15, 0.2) is 18.2 Å². The highest BCUT2D eigenvalue weighted by Crippen LogP contribution is 2.39. The summed E-state index contributed by atoms with van der Waals surface area (Å²) in [5.74, 6) is 0.533. The number of hydrogen-bond acceptors (Lipinski definition) is 2. The van der Waals surface area contributed by atoms with E-state index in [1.807, 2.05) is 6.92 Å². The van der Waals surface area contributed by atoms with Crippen LogP contribution in [0, 0.1) is 5.82 Å². The van der Waals surface area contributed by atoms with Gasteiger partial charge in [0.1, 0.15) is 5.82 Å². The van der Waals surface area contributed by atoms with Gasteiger partial charge in [0.15, 0.2) is 0 Å². The van der Waals surface area contributed by atoms with Crippen LogP contribution in [0.25, 0.3) is 0 Å². The van der Waals surface area contributed by atoms with Crippen molar-refractivity contribution in [3.8, 4) is 0 Å². The molecule has 1 aliphatic rings. The minimum atomic E-state index is -0.748. The summed E-state index contributed by atoms with van der Waals surface area (Å²) in [6.07, 6.45) is 1.17. The Bertz CT molecular complexity index is 399. The van der Waals surface area contributed by atoms with E-state index in [0.29, 0.717) is 12.0 Å². The van der Waals surface area contributed by atoms with Gasteiger partial charge in [-0.15, -0.1) is 0 Å². The van der Waals surface area contributed by atoms with E-state index in [2.05, 4.69) is 0 Å². The average molecular weight is 261 g/mol. The molecule has 1 aliphatic heterocycles. The van der Waals surface area contributed by atoms with E-state index < -0.39 is 11.4 Å². The third-order valence-electron chi connectivity index (χ3n) is 3.19. The highest BCUT2D eigenvalue weighted by Gasteiger charge is 2.39. The predicted octanol–water partition coefficient (Wildman–Crippen LogP) is 3.28. The molecule has 1 nitrogen and oxygen atoms in total. The van der Waals surface area contributed by atoms with Crippen LogP contribution in [0.5, 0.6) is 0 Å². The van der Waals surface area contributed by atoms with Crippen molar-refractivity contribution >= 4 is 23.4 Å². The number of thioether (sulfide) groups is 1. The fourth-order valence-electron chi connectivity index (χ4n) is 2.02. The van der Waals surface area contributed by atoms with Crippen LogP contribution >= 0.6 is 23.4 Å². The highest BCUT2D eigenvalue weighted by atomic mass is 35.5. The molecule has 1 saturated heterocycles. The van der Waals surface area contributed by atoms with Crippen LogP contribution in [-0.4, -0.2) is 21.7 Å². The van der Waals surface area contributed by atoms with Crippen LogP contribution < -0.4 is 0 Å². The average Bonchev–Trinajstić information content (AvgIpc) is 2.55. The van der Waals surface area contributed by atoms with Gasteiger partial charge in [0.25, 0.3) is 0 Å². The van der Waals surface area contributed by atoms with E-state index in [0.717, 1.165) is 12.2 Å². The number of aliphatic hydroxyl groups is 1. The fourth-order valence-corrected chi connectivity index (χ4v) is 3.55. The normalized spacial score (nSPS) is 29.6. The number of benzene rings is 1. The van der Waals surface area contributed by atoms with Gasteiger partial charge in [-0.1, -0.05) is 30.7 Å². The van der Waals surface area contributed by atoms with Crippen molar-refractivity contribution in [1.29, 1.82) is 0 Å². The summed E-state index contributed by atoms with van der Waals surface area (Å²) in [7, 11) is 0. The first-order chi connectivity index (χ1) is 7.53. The molecule has 1 aromatic rings. The van der Waals surface area contributed by atoms with Gasteiger partial charge in [-0.3, -0.25) is 0 Å².